The molecule has 23 heavy (non-hydrogen) atoms. The summed E-state index contributed by atoms with van der Waals surface area (Å²) in [7, 11) is 0. The molecule has 3 heteroatoms. The number of allylic oxidation sites excluding steroid dienone is 4. The minimum atomic E-state index is -0.992. The lowest BCUT2D eigenvalue weighted by Crippen LogP contribution is -2.18. The fraction of sp³-hybridized carbons (Fsp3) is 0.650. The Hall–Kier alpha value is -1.35. The highest BCUT2D eigenvalue weighted by molar-refractivity contribution is 5.87. The number of aliphatic carboxylic acids is 1. The van der Waals surface area contributed by atoms with Crippen molar-refractivity contribution in [2.45, 2.75) is 65.9 Å². The van der Waals surface area contributed by atoms with Crippen molar-refractivity contribution in [3.05, 3.63) is 34.9 Å². The van der Waals surface area contributed by atoms with E-state index in [1.807, 2.05) is 19.1 Å². The van der Waals surface area contributed by atoms with Gasteiger partial charge >= 0.3 is 5.97 Å². The van der Waals surface area contributed by atoms with Gasteiger partial charge in [0.05, 0.1) is 11.7 Å². The molecule has 0 amide bonds. The highest BCUT2D eigenvalue weighted by Crippen LogP contribution is 2.61. The molecule has 1 fully saturated rings. The van der Waals surface area contributed by atoms with Gasteiger partial charge in [-0.1, -0.05) is 43.2 Å². The molecule has 2 aliphatic rings. The van der Waals surface area contributed by atoms with Gasteiger partial charge in [-0.2, -0.15) is 0 Å². The number of carboxylic acid groups (broad SMARTS) is 1. The van der Waals surface area contributed by atoms with E-state index in [2.05, 4.69) is 26.8 Å². The third-order valence-electron chi connectivity index (χ3n) is 5.67. The predicted octanol–water partition coefficient (Wildman–Crippen LogP) is 4.49. The lowest BCUT2D eigenvalue weighted by Gasteiger charge is -2.11. The summed E-state index contributed by atoms with van der Waals surface area (Å²) >= 11 is 0. The van der Waals surface area contributed by atoms with Crippen molar-refractivity contribution in [2.24, 2.45) is 17.3 Å². The highest BCUT2D eigenvalue weighted by atomic mass is 16.4. The first-order valence-electron chi connectivity index (χ1n) is 8.67. The molecule has 0 spiro atoms. The number of hydrogen-bond acceptors (Lipinski definition) is 2. The van der Waals surface area contributed by atoms with Crippen LogP contribution < -0.4 is 0 Å². The smallest absolute Gasteiger partial charge is 0.333 e. The van der Waals surface area contributed by atoms with Crippen LogP contribution in [0, 0.1) is 17.3 Å². The molecule has 0 radical (unpaired) electrons. The summed E-state index contributed by atoms with van der Waals surface area (Å²) in [5.41, 5.74) is 2.93. The van der Waals surface area contributed by atoms with Crippen LogP contribution in [-0.4, -0.2) is 22.3 Å². The van der Waals surface area contributed by atoms with E-state index in [1.165, 1.54) is 11.1 Å². The van der Waals surface area contributed by atoms with Crippen molar-refractivity contribution in [2.75, 3.05) is 0 Å². The van der Waals surface area contributed by atoms with Crippen LogP contribution in [0.15, 0.2) is 34.9 Å². The molecule has 0 aromatic carbocycles. The Morgan fingerprint density at radius 3 is 2.48 bits per heavy atom. The number of aliphatic hydroxyl groups excluding tert-OH is 1. The third kappa shape index (κ3) is 4.35. The van der Waals surface area contributed by atoms with Crippen LogP contribution in [0.25, 0.3) is 0 Å². The molecule has 0 aliphatic heterocycles. The van der Waals surface area contributed by atoms with Gasteiger partial charge in [0.1, 0.15) is 0 Å². The summed E-state index contributed by atoms with van der Waals surface area (Å²) < 4.78 is 0. The van der Waals surface area contributed by atoms with Crippen molar-refractivity contribution in [3.63, 3.8) is 0 Å². The van der Waals surface area contributed by atoms with E-state index in [9.17, 15) is 15.0 Å². The summed E-state index contributed by atoms with van der Waals surface area (Å²) in [5.74, 6) is -0.232. The van der Waals surface area contributed by atoms with Crippen LogP contribution in [0.2, 0.25) is 0 Å². The molecule has 0 bridgehead atoms. The average Bonchev–Trinajstić information content (AvgIpc) is 2.98. The zero-order chi connectivity index (χ0) is 17.2. The number of carbonyl (C=O) groups is 1. The second kappa shape index (κ2) is 7.04. The highest BCUT2D eigenvalue weighted by Gasteiger charge is 2.55. The first kappa shape index (κ1) is 18.0. The van der Waals surface area contributed by atoms with E-state index in [0.717, 1.165) is 25.7 Å². The van der Waals surface area contributed by atoms with E-state index in [1.54, 1.807) is 0 Å². The quantitative estimate of drug-likeness (QED) is 0.700. The fourth-order valence-corrected chi connectivity index (χ4v) is 3.76. The molecular formula is C20H30O3. The molecular weight excluding hydrogens is 288 g/mol. The minimum absolute atomic E-state index is 0.132. The minimum Gasteiger partial charge on any atom is -0.478 e. The standard InChI is InChI=1S/C20H30O3/c1-13-6-5-7-14(2)9-11-18(21)15(19(22)23)12-17-16(10-8-13)20(17,3)4/h6,9,12,16-18,21H,5,7-8,10-11H2,1-4H3,(H,22,23)/b13-6+,14-9-,15-12-/t16-,17+,18-/m0/s1. The third-order valence-corrected chi connectivity index (χ3v) is 5.67. The van der Waals surface area contributed by atoms with Gasteiger partial charge in [0.2, 0.25) is 0 Å². The van der Waals surface area contributed by atoms with E-state index in [0.29, 0.717) is 12.3 Å². The second-order valence-electron chi connectivity index (χ2n) is 7.81. The molecule has 0 unspecified atom stereocenters. The summed E-state index contributed by atoms with van der Waals surface area (Å²) in [4.78, 5) is 11.6. The maximum Gasteiger partial charge on any atom is 0.333 e. The first-order valence-corrected chi connectivity index (χ1v) is 8.67. The first-order chi connectivity index (χ1) is 10.7. The van der Waals surface area contributed by atoms with Gasteiger partial charge in [0.25, 0.3) is 0 Å². The van der Waals surface area contributed by atoms with E-state index in [-0.39, 0.29) is 16.9 Å². The Morgan fingerprint density at radius 1 is 1.17 bits per heavy atom. The lowest BCUT2D eigenvalue weighted by atomic mass is 9.99. The lowest BCUT2D eigenvalue weighted by molar-refractivity contribution is -0.133. The molecule has 0 aromatic heterocycles. The van der Waals surface area contributed by atoms with Crippen molar-refractivity contribution in [3.8, 4) is 0 Å². The summed E-state index contributed by atoms with van der Waals surface area (Å²) in [5, 5.41) is 19.8. The SMILES string of the molecule is C/C1=C/C[C@H](O)/C(C(=O)O)=C/[C@@H]2[C@H](CC/C(C)=C/CC1)C2(C)C. The summed E-state index contributed by atoms with van der Waals surface area (Å²) in [6.07, 6.45) is 9.74. The number of hydrogen-bond donors (Lipinski definition) is 2. The van der Waals surface area contributed by atoms with Gasteiger partial charge in [-0.15, -0.1) is 0 Å². The van der Waals surface area contributed by atoms with Gasteiger partial charge in [-0.05, 0) is 63.2 Å². The molecule has 2 N–H and O–H groups in total. The van der Waals surface area contributed by atoms with E-state index in [4.69, 9.17) is 0 Å². The van der Waals surface area contributed by atoms with Gasteiger partial charge in [0, 0.05) is 0 Å². The van der Waals surface area contributed by atoms with Crippen molar-refractivity contribution in [1.29, 1.82) is 0 Å². The van der Waals surface area contributed by atoms with Crippen molar-refractivity contribution >= 4 is 5.97 Å². The van der Waals surface area contributed by atoms with Crippen LogP contribution in [0.5, 0.6) is 0 Å². The maximum absolute atomic E-state index is 11.6. The molecule has 2 aliphatic carbocycles. The molecule has 0 heterocycles. The number of aliphatic hydroxyl groups is 1. The van der Waals surface area contributed by atoms with Gasteiger partial charge in [-0.25, -0.2) is 4.79 Å². The van der Waals surface area contributed by atoms with Crippen molar-refractivity contribution < 1.29 is 15.0 Å². The summed E-state index contributed by atoms with van der Waals surface area (Å²) in [6.45, 7) is 8.64. The molecule has 0 saturated heterocycles. The van der Waals surface area contributed by atoms with Crippen LogP contribution in [0.4, 0.5) is 0 Å². The van der Waals surface area contributed by atoms with Gasteiger partial charge in [0.15, 0.2) is 0 Å². The average molecular weight is 318 g/mol. The molecule has 128 valence electrons. The monoisotopic (exact) mass is 318 g/mol. The Balaban J connectivity index is 2.27. The normalized spacial score (nSPS) is 38.7. The van der Waals surface area contributed by atoms with E-state index >= 15 is 0 Å². The Kier molecular flexibility index (Phi) is 5.51. The Labute approximate surface area is 139 Å². The number of rotatable bonds is 1. The zero-order valence-corrected chi connectivity index (χ0v) is 14.8. The molecule has 1 saturated carbocycles. The predicted molar refractivity (Wildman–Crippen MR) is 93.1 cm³/mol. The second-order valence-corrected chi connectivity index (χ2v) is 7.81. The number of fused-ring (bicyclic) bond motifs is 1. The Bertz CT molecular complexity index is 551. The molecule has 2 rings (SSSR count). The topological polar surface area (TPSA) is 57.5 Å². The fourth-order valence-electron chi connectivity index (χ4n) is 3.76. The van der Waals surface area contributed by atoms with Crippen molar-refractivity contribution in [1.82, 2.24) is 0 Å². The van der Waals surface area contributed by atoms with E-state index < -0.39 is 12.1 Å². The van der Waals surface area contributed by atoms with Crippen LogP contribution in [-0.2, 0) is 4.79 Å². The molecule has 3 atom stereocenters. The van der Waals surface area contributed by atoms with Crippen LogP contribution >= 0.6 is 0 Å². The summed E-state index contributed by atoms with van der Waals surface area (Å²) in [6, 6.07) is 0. The largest absolute Gasteiger partial charge is 0.478 e. The van der Waals surface area contributed by atoms with Crippen LogP contribution in [0.1, 0.15) is 59.8 Å². The number of carboxylic acids is 1. The molecule has 0 aromatic rings. The Morgan fingerprint density at radius 2 is 1.83 bits per heavy atom. The van der Waals surface area contributed by atoms with Gasteiger partial charge in [-0.3, -0.25) is 0 Å². The zero-order valence-electron chi connectivity index (χ0n) is 14.8. The van der Waals surface area contributed by atoms with Crippen LogP contribution in [0.3, 0.4) is 0 Å². The molecule has 3 nitrogen and oxygen atoms in total. The van der Waals surface area contributed by atoms with Gasteiger partial charge < -0.3 is 10.2 Å². The maximum atomic E-state index is 11.6.